The van der Waals surface area contributed by atoms with E-state index >= 15 is 0 Å². The highest BCUT2D eigenvalue weighted by Crippen LogP contribution is 2.32. The van der Waals surface area contributed by atoms with Crippen LogP contribution in [0.15, 0.2) is 0 Å². The molecule has 0 aliphatic carbocycles. The Labute approximate surface area is 74.8 Å². The van der Waals surface area contributed by atoms with Gasteiger partial charge in [0.05, 0.1) is 12.7 Å². The molecule has 0 bridgehead atoms. The smallest absolute Gasteiger partial charge is 0.189 e. The van der Waals surface area contributed by atoms with Gasteiger partial charge in [-0.05, 0) is 13.8 Å². The molecule has 1 rings (SSSR count). The lowest BCUT2D eigenvalue weighted by atomic mass is 10.2. The minimum absolute atomic E-state index is 0.537. The molecule has 0 unspecified atom stereocenters. The van der Waals surface area contributed by atoms with Gasteiger partial charge in [-0.25, -0.2) is 0 Å². The monoisotopic (exact) mass is 186 g/mol. The molecule has 0 amide bonds. The third kappa shape index (κ3) is 1.49. The lowest BCUT2D eigenvalue weighted by molar-refractivity contribution is -0.178. The van der Waals surface area contributed by atoms with Gasteiger partial charge in [0, 0.05) is 9.75 Å². The number of carbonyl (C=O) groups is 1. The van der Waals surface area contributed by atoms with Crippen molar-refractivity contribution in [3.63, 3.8) is 0 Å². The van der Waals surface area contributed by atoms with E-state index in [-0.39, 0.29) is 0 Å². The van der Waals surface area contributed by atoms with E-state index in [2.05, 4.69) is 4.89 Å². The second-order valence-electron chi connectivity index (χ2n) is 2.33. The molecule has 0 aliphatic heterocycles. The molecule has 3 nitrogen and oxygen atoms in total. The zero-order valence-corrected chi connectivity index (χ0v) is 8.03. The summed E-state index contributed by atoms with van der Waals surface area (Å²) in [6, 6.07) is 0. The molecule has 0 atom stereocenters. The number of thiophene rings is 1. The molecule has 0 N–H and O–H groups in total. The molecular weight excluding hydrogens is 176 g/mol. The first-order chi connectivity index (χ1) is 5.70. The molecule has 1 aromatic rings. The van der Waals surface area contributed by atoms with Crippen LogP contribution in [0.3, 0.4) is 0 Å². The first kappa shape index (κ1) is 9.22. The Kier molecular flexibility index (Phi) is 2.83. The summed E-state index contributed by atoms with van der Waals surface area (Å²) in [5.74, 6) is 0.537. The van der Waals surface area contributed by atoms with Crippen molar-refractivity contribution < 1.29 is 14.6 Å². The molecule has 0 aromatic carbocycles. The lowest BCUT2D eigenvalue weighted by Gasteiger charge is -1.99. The van der Waals surface area contributed by atoms with Gasteiger partial charge in [-0.1, -0.05) is 0 Å². The summed E-state index contributed by atoms with van der Waals surface area (Å²) in [4.78, 5) is 21.9. The fraction of sp³-hybridized carbons (Fsp3) is 0.375. The third-order valence-corrected chi connectivity index (χ3v) is 2.55. The number of aldehydes is 1. The minimum Gasteiger partial charge on any atom is -0.336 e. The van der Waals surface area contributed by atoms with Crippen molar-refractivity contribution in [3.8, 4) is 5.75 Å². The molecule has 0 saturated heterocycles. The lowest BCUT2D eigenvalue weighted by Crippen LogP contribution is -1.94. The summed E-state index contributed by atoms with van der Waals surface area (Å²) >= 11 is 1.52. The molecule has 0 fully saturated rings. The van der Waals surface area contributed by atoms with Gasteiger partial charge in [-0.15, -0.1) is 11.3 Å². The average molecular weight is 186 g/mol. The molecule has 0 radical (unpaired) electrons. The Balaban J connectivity index is 3.13. The zero-order chi connectivity index (χ0) is 9.14. The highest BCUT2D eigenvalue weighted by atomic mass is 32.1. The molecule has 1 aromatic heterocycles. The van der Waals surface area contributed by atoms with Crippen LogP contribution in [0.1, 0.15) is 20.1 Å². The van der Waals surface area contributed by atoms with E-state index in [1.807, 2.05) is 13.8 Å². The van der Waals surface area contributed by atoms with E-state index in [4.69, 9.17) is 4.89 Å². The number of hydrogen-bond acceptors (Lipinski definition) is 4. The van der Waals surface area contributed by atoms with Crippen molar-refractivity contribution in [3.05, 3.63) is 15.3 Å². The summed E-state index contributed by atoms with van der Waals surface area (Å²) < 4.78 is 0. The number of carbonyl (C=O) groups excluding carboxylic acids is 1. The van der Waals surface area contributed by atoms with Crippen molar-refractivity contribution in [1.29, 1.82) is 0 Å². The summed E-state index contributed by atoms with van der Waals surface area (Å²) in [5, 5.41) is 0. The van der Waals surface area contributed by atoms with E-state index in [9.17, 15) is 4.79 Å². The van der Waals surface area contributed by atoms with Crippen LogP contribution in [-0.2, 0) is 4.89 Å². The van der Waals surface area contributed by atoms with E-state index in [1.54, 1.807) is 0 Å². The SMILES string of the molecule is COOc1c(C)sc(C)c1C=O. The standard InChI is InChI=1S/C8H10O3S/c1-5-7(4-9)8(11-10-3)6(2)12-5/h4H,1-3H3. The maximum absolute atomic E-state index is 10.6. The Morgan fingerprint density at radius 3 is 2.50 bits per heavy atom. The number of rotatable bonds is 3. The van der Waals surface area contributed by atoms with E-state index < -0.39 is 0 Å². The Morgan fingerprint density at radius 1 is 1.33 bits per heavy atom. The normalized spacial score (nSPS) is 9.92. The molecule has 0 spiro atoms. The second kappa shape index (κ2) is 3.69. The van der Waals surface area contributed by atoms with Gasteiger partial charge in [0.15, 0.2) is 12.0 Å². The largest absolute Gasteiger partial charge is 0.336 e. The fourth-order valence-electron chi connectivity index (χ4n) is 1.00. The first-order valence-corrected chi connectivity index (χ1v) is 4.28. The van der Waals surface area contributed by atoms with Crippen molar-refractivity contribution in [2.24, 2.45) is 0 Å². The highest BCUT2D eigenvalue weighted by Gasteiger charge is 2.14. The second-order valence-corrected chi connectivity index (χ2v) is 3.75. The van der Waals surface area contributed by atoms with Crippen molar-refractivity contribution in [2.75, 3.05) is 7.11 Å². The molecule has 1 heterocycles. The summed E-state index contributed by atoms with van der Waals surface area (Å²) in [6.07, 6.45) is 0.785. The van der Waals surface area contributed by atoms with Gasteiger partial charge in [-0.2, -0.15) is 4.89 Å². The molecule has 66 valence electrons. The van der Waals surface area contributed by atoms with Gasteiger partial charge < -0.3 is 4.89 Å². The van der Waals surface area contributed by atoms with Gasteiger partial charge in [0.25, 0.3) is 0 Å². The van der Waals surface area contributed by atoms with Crippen molar-refractivity contribution >= 4 is 17.6 Å². The predicted molar refractivity (Wildman–Crippen MR) is 46.8 cm³/mol. The Bertz CT molecular complexity index is 291. The maximum Gasteiger partial charge on any atom is 0.189 e. The van der Waals surface area contributed by atoms with Gasteiger partial charge in [-0.3, -0.25) is 4.79 Å². The van der Waals surface area contributed by atoms with Crippen molar-refractivity contribution in [2.45, 2.75) is 13.8 Å². The Hall–Kier alpha value is -0.870. The molecule has 4 heteroatoms. The summed E-state index contributed by atoms with van der Waals surface area (Å²) in [5.41, 5.74) is 0.583. The molecule has 0 saturated carbocycles. The minimum atomic E-state index is 0.537. The molecule has 0 aliphatic rings. The Morgan fingerprint density at radius 2 is 2.00 bits per heavy atom. The van der Waals surface area contributed by atoms with Crippen LogP contribution in [0.5, 0.6) is 5.75 Å². The van der Waals surface area contributed by atoms with Crippen LogP contribution in [-0.4, -0.2) is 13.4 Å². The van der Waals surface area contributed by atoms with Crippen LogP contribution >= 0.6 is 11.3 Å². The van der Waals surface area contributed by atoms with Crippen LogP contribution in [0.25, 0.3) is 0 Å². The summed E-state index contributed by atoms with van der Waals surface area (Å²) in [7, 11) is 1.42. The first-order valence-electron chi connectivity index (χ1n) is 3.46. The predicted octanol–water partition coefficient (Wildman–Crippen LogP) is 2.12. The average Bonchev–Trinajstić information content (AvgIpc) is 2.28. The van der Waals surface area contributed by atoms with E-state index in [1.165, 1.54) is 18.4 Å². The fourth-order valence-corrected chi connectivity index (χ4v) is 1.95. The maximum atomic E-state index is 10.6. The zero-order valence-electron chi connectivity index (χ0n) is 7.21. The van der Waals surface area contributed by atoms with Gasteiger partial charge in [0.1, 0.15) is 0 Å². The quantitative estimate of drug-likeness (QED) is 0.412. The summed E-state index contributed by atoms with van der Waals surface area (Å²) in [6.45, 7) is 3.77. The van der Waals surface area contributed by atoms with Crippen LogP contribution in [0, 0.1) is 13.8 Å². The van der Waals surface area contributed by atoms with E-state index in [0.717, 1.165) is 16.0 Å². The van der Waals surface area contributed by atoms with Crippen LogP contribution < -0.4 is 4.89 Å². The van der Waals surface area contributed by atoms with Gasteiger partial charge >= 0.3 is 0 Å². The van der Waals surface area contributed by atoms with Crippen LogP contribution in [0.2, 0.25) is 0 Å². The van der Waals surface area contributed by atoms with Crippen LogP contribution in [0.4, 0.5) is 0 Å². The third-order valence-electron chi connectivity index (χ3n) is 1.53. The highest BCUT2D eigenvalue weighted by molar-refractivity contribution is 7.12. The molecule has 12 heavy (non-hydrogen) atoms. The van der Waals surface area contributed by atoms with Crippen molar-refractivity contribution in [1.82, 2.24) is 0 Å². The topological polar surface area (TPSA) is 35.5 Å². The van der Waals surface area contributed by atoms with Gasteiger partial charge in [0.2, 0.25) is 0 Å². The molecular formula is C8H10O3S. The van der Waals surface area contributed by atoms with E-state index in [0.29, 0.717) is 11.3 Å². The number of aryl methyl sites for hydroxylation is 2. The number of hydrogen-bond donors (Lipinski definition) is 0.